The highest BCUT2D eigenvalue weighted by Crippen LogP contribution is 2.29. The zero-order valence-electron chi connectivity index (χ0n) is 15.5. The number of carbonyl (C=O) groups is 2. The molecule has 0 unspecified atom stereocenters. The average molecular weight is 420 g/mol. The van der Waals surface area contributed by atoms with E-state index in [0.717, 1.165) is 10.6 Å². The fourth-order valence-electron chi connectivity index (χ4n) is 2.80. The molecule has 1 aliphatic rings. The smallest absolute Gasteiger partial charge is 0.387 e. The molecule has 0 aliphatic carbocycles. The number of rotatable bonds is 5. The number of carbonyl (C=O) groups excluding carboxylic acids is 2. The van der Waals surface area contributed by atoms with Gasteiger partial charge >= 0.3 is 12.6 Å². The molecule has 2 aromatic carbocycles. The van der Waals surface area contributed by atoms with Gasteiger partial charge in [-0.15, -0.1) is 0 Å². The molecule has 3 N–H and O–H groups in total. The number of urea groups is 1. The maximum Gasteiger partial charge on any atom is 0.387 e. The summed E-state index contributed by atoms with van der Waals surface area (Å²) in [7, 11) is 0. The molecule has 0 saturated carbocycles. The van der Waals surface area contributed by atoms with Gasteiger partial charge in [-0.05, 0) is 55.9 Å². The Bertz CT molecular complexity index is 937. The molecule has 7 nitrogen and oxygen atoms in total. The Labute approximate surface area is 171 Å². The van der Waals surface area contributed by atoms with E-state index in [2.05, 4.69) is 20.8 Å². The second kappa shape index (κ2) is 8.00. The van der Waals surface area contributed by atoms with Crippen LogP contribution in [0.2, 0.25) is 0 Å². The van der Waals surface area contributed by atoms with Crippen LogP contribution in [0, 0.1) is 6.92 Å². The average Bonchev–Trinajstić information content (AvgIpc) is 2.88. The highest BCUT2D eigenvalue weighted by Gasteiger charge is 2.49. The summed E-state index contributed by atoms with van der Waals surface area (Å²) >= 11 is 5.18. The molecule has 1 atom stereocenters. The van der Waals surface area contributed by atoms with Crippen molar-refractivity contribution in [1.29, 1.82) is 0 Å². The molecular weight excluding hydrogens is 402 g/mol. The predicted octanol–water partition coefficient (Wildman–Crippen LogP) is 3.27. The Morgan fingerprint density at radius 2 is 1.76 bits per heavy atom. The summed E-state index contributed by atoms with van der Waals surface area (Å²) in [6, 6.07) is 12.2. The minimum absolute atomic E-state index is 0.0532. The van der Waals surface area contributed by atoms with Crippen LogP contribution in [-0.4, -0.2) is 28.7 Å². The van der Waals surface area contributed by atoms with Crippen molar-refractivity contribution >= 4 is 35.0 Å². The van der Waals surface area contributed by atoms with Crippen molar-refractivity contribution < 1.29 is 23.1 Å². The van der Waals surface area contributed by atoms with Crippen LogP contribution in [0.15, 0.2) is 48.5 Å². The third-order valence-electron chi connectivity index (χ3n) is 4.37. The number of amides is 3. The Balaban J connectivity index is 1.71. The molecule has 0 spiro atoms. The molecule has 2 aromatic rings. The maximum atomic E-state index is 12.9. The van der Waals surface area contributed by atoms with Gasteiger partial charge in [-0.25, -0.2) is 4.79 Å². The molecule has 3 amide bonds. The number of anilines is 1. The van der Waals surface area contributed by atoms with Gasteiger partial charge in [0.15, 0.2) is 5.11 Å². The number of aryl methyl sites for hydroxylation is 1. The second-order valence-electron chi connectivity index (χ2n) is 6.53. The highest BCUT2D eigenvalue weighted by molar-refractivity contribution is 7.80. The molecule has 3 rings (SSSR count). The van der Waals surface area contributed by atoms with Gasteiger partial charge in [0.2, 0.25) is 0 Å². The van der Waals surface area contributed by atoms with Gasteiger partial charge < -0.3 is 15.4 Å². The lowest BCUT2D eigenvalue weighted by atomic mass is 9.92. The van der Waals surface area contributed by atoms with Gasteiger partial charge in [0.05, 0.1) is 0 Å². The number of halogens is 2. The number of hydrazine groups is 1. The second-order valence-corrected chi connectivity index (χ2v) is 6.94. The third kappa shape index (κ3) is 4.43. The maximum absolute atomic E-state index is 12.9. The Kier molecular flexibility index (Phi) is 5.64. The van der Waals surface area contributed by atoms with Crippen molar-refractivity contribution in [3.63, 3.8) is 0 Å². The molecule has 1 heterocycles. The van der Waals surface area contributed by atoms with Gasteiger partial charge in [-0.3, -0.25) is 10.2 Å². The lowest BCUT2D eigenvalue weighted by Gasteiger charge is -2.23. The summed E-state index contributed by atoms with van der Waals surface area (Å²) < 4.78 is 28.9. The van der Waals surface area contributed by atoms with E-state index in [-0.39, 0.29) is 10.9 Å². The van der Waals surface area contributed by atoms with Crippen LogP contribution in [0.4, 0.5) is 19.3 Å². The van der Waals surface area contributed by atoms with Crippen LogP contribution < -0.4 is 20.8 Å². The standard InChI is InChI=1S/C19H18F2N4O3S/c1-11-3-7-13(8-4-11)22-17(29)24-25-15(26)19(2,23-18(25)27)12-5-9-14(10-6-12)28-16(20)21/h3-10,16H,1-2H3,(H,23,27)(H2,22,24,29)/t19-/m1/s1. The molecule has 29 heavy (non-hydrogen) atoms. The van der Waals surface area contributed by atoms with Gasteiger partial charge in [-0.2, -0.15) is 13.8 Å². The van der Waals surface area contributed by atoms with Crippen molar-refractivity contribution in [2.24, 2.45) is 0 Å². The first-order chi connectivity index (χ1) is 13.7. The van der Waals surface area contributed by atoms with Gasteiger partial charge in [-0.1, -0.05) is 29.8 Å². The van der Waals surface area contributed by atoms with Crippen LogP contribution in [0.5, 0.6) is 5.75 Å². The van der Waals surface area contributed by atoms with Gasteiger partial charge in [0, 0.05) is 5.69 Å². The quantitative estimate of drug-likeness (QED) is 0.509. The Morgan fingerprint density at radius 3 is 2.34 bits per heavy atom. The molecule has 1 aliphatic heterocycles. The number of alkyl halides is 2. The molecule has 1 saturated heterocycles. The summed E-state index contributed by atoms with van der Waals surface area (Å²) in [5.41, 5.74) is 3.34. The van der Waals surface area contributed by atoms with Gasteiger partial charge in [0.25, 0.3) is 5.91 Å². The lowest BCUT2D eigenvalue weighted by molar-refractivity contribution is -0.132. The highest BCUT2D eigenvalue weighted by atomic mass is 32.1. The largest absolute Gasteiger partial charge is 0.435 e. The number of hydrogen-bond donors (Lipinski definition) is 3. The summed E-state index contributed by atoms with van der Waals surface area (Å²) in [6.07, 6.45) is 0. The van der Waals surface area contributed by atoms with Crippen LogP contribution in [-0.2, 0) is 10.3 Å². The minimum Gasteiger partial charge on any atom is -0.435 e. The summed E-state index contributed by atoms with van der Waals surface area (Å²) in [4.78, 5) is 25.2. The van der Waals surface area contributed by atoms with Crippen LogP contribution in [0.25, 0.3) is 0 Å². The van der Waals surface area contributed by atoms with Crippen molar-refractivity contribution in [2.75, 3.05) is 5.32 Å². The van der Waals surface area contributed by atoms with E-state index in [4.69, 9.17) is 12.2 Å². The minimum atomic E-state index is -2.95. The number of thiocarbonyl (C=S) groups is 1. The van der Waals surface area contributed by atoms with Crippen molar-refractivity contribution in [2.45, 2.75) is 26.0 Å². The predicted molar refractivity (Wildman–Crippen MR) is 106 cm³/mol. The number of nitrogens with one attached hydrogen (secondary N) is 3. The lowest BCUT2D eigenvalue weighted by Crippen LogP contribution is -2.49. The van der Waals surface area contributed by atoms with E-state index in [1.165, 1.54) is 31.2 Å². The number of nitrogens with zero attached hydrogens (tertiary/aromatic N) is 1. The number of benzene rings is 2. The van der Waals surface area contributed by atoms with Crippen LogP contribution in [0.3, 0.4) is 0 Å². The molecule has 0 bridgehead atoms. The first-order valence-corrected chi connectivity index (χ1v) is 8.96. The zero-order valence-corrected chi connectivity index (χ0v) is 16.3. The van der Waals surface area contributed by atoms with E-state index in [1.807, 2.05) is 31.2 Å². The van der Waals surface area contributed by atoms with Crippen molar-refractivity contribution in [1.82, 2.24) is 15.8 Å². The summed E-state index contributed by atoms with van der Waals surface area (Å²) in [5, 5.41) is 6.30. The van der Waals surface area contributed by atoms with Crippen LogP contribution >= 0.6 is 12.2 Å². The van der Waals surface area contributed by atoms with E-state index in [9.17, 15) is 18.4 Å². The summed E-state index contributed by atoms with van der Waals surface area (Å²) in [6.45, 7) is 0.501. The molecule has 1 fully saturated rings. The Morgan fingerprint density at radius 1 is 1.14 bits per heavy atom. The van der Waals surface area contributed by atoms with Gasteiger partial charge in [0.1, 0.15) is 11.3 Å². The normalized spacial score (nSPS) is 18.6. The fourth-order valence-corrected chi connectivity index (χ4v) is 3.01. The fraction of sp³-hybridized carbons (Fsp3) is 0.211. The van der Waals surface area contributed by atoms with E-state index in [0.29, 0.717) is 11.3 Å². The summed E-state index contributed by atoms with van der Waals surface area (Å²) in [5.74, 6) is -0.652. The molecular formula is C19H18F2N4O3S. The molecule has 152 valence electrons. The topological polar surface area (TPSA) is 82.7 Å². The van der Waals surface area contributed by atoms with Crippen LogP contribution in [0.1, 0.15) is 18.1 Å². The zero-order chi connectivity index (χ0) is 21.2. The van der Waals surface area contributed by atoms with E-state index in [1.54, 1.807) is 0 Å². The van der Waals surface area contributed by atoms with E-state index < -0.39 is 24.1 Å². The first kappa shape index (κ1) is 20.5. The Hall–Kier alpha value is -3.27. The SMILES string of the molecule is Cc1ccc(NC(=S)NN2C(=O)N[C@](C)(c3ccc(OC(F)F)cc3)C2=O)cc1. The van der Waals surface area contributed by atoms with Crippen molar-refractivity contribution in [3.8, 4) is 5.75 Å². The number of ether oxygens (including phenoxy) is 1. The molecule has 10 heteroatoms. The first-order valence-electron chi connectivity index (χ1n) is 8.55. The third-order valence-corrected chi connectivity index (χ3v) is 4.56. The monoisotopic (exact) mass is 420 g/mol. The molecule has 0 radical (unpaired) electrons. The van der Waals surface area contributed by atoms with E-state index >= 15 is 0 Å². The molecule has 0 aromatic heterocycles. The number of hydrogen-bond acceptors (Lipinski definition) is 4. The van der Waals surface area contributed by atoms with Crippen molar-refractivity contribution in [3.05, 3.63) is 59.7 Å². The number of imide groups is 1.